The summed E-state index contributed by atoms with van der Waals surface area (Å²) in [5.74, 6) is -0.934. The molecule has 19 heavy (non-hydrogen) atoms. The van der Waals surface area contributed by atoms with Crippen LogP contribution in [0.25, 0.3) is 0 Å². The first-order valence-electron chi connectivity index (χ1n) is 5.96. The predicted molar refractivity (Wildman–Crippen MR) is 68.2 cm³/mol. The molecule has 0 aromatic heterocycles. The molecule has 104 valence electrons. The lowest BCUT2D eigenvalue weighted by Gasteiger charge is -2.08. The Bertz CT molecular complexity index is 429. The molecule has 1 aromatic rings. The topological polar surface area (TPSA) is 95.9 Å². The maximum atomic E-state index is 11.7. The Morgan fingerprint density at radius 1 is 1.32 bits per heavy atom. The largest absolute Gasteiger partial charge is 0.494 e. The molecular weight excluding hydrogens is 250 g/mol. The van der Waals surface area contributed by atoms with E-state index in [1.165, 1.54) is 0 Å². The summed E-state index contributed by atoms with van der Waals surface area (Å²) in [6.07, 6.45) is -1.49. The molecule has 0 aliphatic carbocycles. The smallest absolute Gasteiger partial charge is 0.332 e. The molecule has 6 heteroatoms. The number of carbonyl (C=O) groups is 2. The first-order chi connectivity index (χ1) is 9.04. The van der Waals surface area contributed by atoms with E-state index in [9.17, 15) is 9.59 Å². The molecule has 3 N–H and O–H groups in total. The molecule has 0 spiro atoms. The van der Waals surface area contributed by atoms with Gasteiger partial charge in [-0.2, -0.15) is 0 Å². The van der Waals surface area contributed by atoms with Crippen molar-refractivity contribution in [1.29, 1.82) is 0 Å². The molecular formula is C13H17NO5. The SMILES string of the molecule is CCOc1ccc(C(=O)NCC[C@H](O)C(=O)O)cc1. The number of benzene rings is 1. The van der Waals surface area contributed by atoms with Crippen molar-refractivity contribution in [2.45, 2.75) is 19.4 Å². The van der Waals surface area contributed by atoms with Gasteiger partial charge in [0, 0.05) is 18.5 Å². The Kier molecular flexibility index (Phi) is 5.81. The third-order valence-electron chi connectivity index (χ3n) is 2.42. The fourth-order valence-corrected chi connectivity index (χ4v) is 1.42. The van der Waals surface area contributed by atoms with Crippen LogP contribution in [0.4, 0.5) is 0 Å². The molecule has 0 unspecified atom stereocenters. The monoisotopic (exact) mass is 267 g/mol. The number of rotatable bonds is 7. The van der Waals surface area contributed by atoms with Gasteiger partial charge in [-0.3, -0.25) is 4.79 Å². The van der Waals surface area contributed by atoms with Crippen LogP contribution in [0.3, 0.4) is 0 Å². The third-order valence-corrected chi connectivity index (χ3v) is 2.42. The number of aliphatic carboxylic acids is 1. The van der Waals surface area contributed by atoms with E-state index in [1.54, 1.807) is 24.3 Å². The molecule has 1 rings (SSSR count). The van der Waals surface area contributed by atoms with Crippen molar-refractivity contribution in [3.63, 3.8) is 0 Å². The van der Waals surface area contributed by atoms with Crippen LogP contribution in [-0.2, 0) is 4.79 Å². The molecule has 0 aliphatic heterocycles. The van der Waals surface area contributed by atoms with Crippen LogP contribution in [0.2, 0.25) is 0 Å². The maximum Gasteiger partial charge on any atom is 0.332 e. The molecule has 0 bridgehead atoms. The van der Waals surface area contributed by atoms with Crippen LogP contribution >= 0.6 is 0 Å². The zero-order valence-corrected chi connectivity index (χ0v) is 10.6. The van der Waals surface area contributed by atoms with Gasteiger partial charge in [0.15, 0.2) is 6.10 Å². The fourth-order valence-electron chi connectivity index (χ4n) is 1.42. The normalized spacial score (nSPS) is 11.7. The Morgan fingerprint density at radius 3 is 2.47 bits per heavy atom. The van der Waals surface area contributed by atoms with E-state index in [-0.39, 0.29) is 18.9 Å². The van der Waals surface area contributed by atoms with Crippen molar-refractivity contribution in [3.05, 3.63) is 29.8 Å². The lowest BCUT2D eigenvalue weighted by atomic mass is 10.2. The van der Waals surface area contributed by atoms with E-state index in [1.807, 2.05) is 6.92 Å². The van der Waals surface area contributed by atoms with Gasteiger partial charge in [-0.1, -0.05) is 0 Å². The summed E-state index contributed by atoms with van der Waals surface area (Å²) in [5.41, 5.74) is 0.452. The number of carboxylic acid groups (broad SMARTS) is 1. The zero-order chi connectivity index (χ0) is 14.3. The minimum absolute atomic E-state index is 0.0297. The summed E-state index contributed by atoms with van der Waals surface area (Å²) in [4.78, 5) is 22.1. The number of amides is 1. The lowest BCUT2D eigenvalue weighted by molar-refractivity contribution is -0.146. The van der Waals surface area contributed by atoms with E-state index in [0.717, 1.165) is 0 Å². The van der Waals surface area contributed by atoms with E-state index < -0.39 is 12.1 Å². The van der Waals surface area contributed by atoms with Gasteiger partial charge >= 0.3 is 5.97 Å². The predicted octanol–water partition coefficient (Wildman–Crippen LogP) is 0.651. The molecule has 6 nitrogen and oxygen atoms in total. The molecule has 0 fully saturated rings. The average molecular weight is 267 g/mol. The van der Waals surface area contributed by atoms with Crippen molar-refractivity contribution in [1.82, 2.24) is 5.32 Å². The van der Waals surface area contributed by atoms with Crippen molar-refractivity contribution < 1.29 is 24.5 Å². The number of hydrogen-bond acceptors (Lipinski definition) is 4. The highest BCUT2D eigenvalue weighted by Crippen LogP contribution is 2.11. The van der Waals surface area contributed by atoms with Crippen molar-refractivity contribution in [2.24, 2.45) is 0 Å². The number of carboxylic acids is 1. The molecule has 0 saturated heterocycles. The fraction of sp³-hybridized carbons (Fsp3) is 0.385. The van der Waals surface area contributed by atoms with Gasteiger partial charge in [0.25, 0.3) is 5.91 Å². The maximum absolute atomic E-state index is 11.7. The van der Waals surface area contributed by atoms with Gasteiger partial charge in [-0.05, 0) is 31.2 Å². The highest BCUT2D eigenvalue weighted by Gasteiger charge is 2.13. The highest BCUT2D eigenvalue weighted by atomic mass is 16.5. The van der Waals surface area contributed by atoms with Crippen LogP contribution in [0.15, 0.2) is 24.3 Å². The second-order valence-electron chi connectivity index (χ2n) is 3.86. The number of hydrogen-bond donors (Lipinski definition) is 3. The quantitative estimate of drug-likeness (QED) is 0.674. The lowest BCUT2D eigenvalue weighted by Crippen LogP contribution is -2.30. The van der Waals surface area contributed by atoms with Gasteiger partial charge in [0.1, 0.15) is 5.75 Å². The van der Waals surface area contributed by atoms with E-state index >= 15 is 0 Å². The first kappa shape index (κ1) is 15.0. The Morgan fingerprint density at radius 2 is 1.95 bits per heavy atom. The molecule has 1 amide bonds. The van der Waals surface area contributed by atoms with Crippen molar-refractivity contribution in [2.75, 3.05) is 13.2 Å². The molecule has 1 aromatic carbocycles. The molecule has 0 aliphatic rings. The van der Waals surface area contributed by atoms with Gasteiger partial charge in [0.05, 0.1) is 6.61 Å². The van der Waals surface area contributed by atoms with Crippen LogP contribution < -0.4 is 10.1 Å². The number of carbonyl (C=O) groups excluding carboxylic acids is 1. The van der Waals surface area contributed by atoms with E-state index in [2.05, 4.69) is 5.32 Å². The summed E-state index contributed by atoms with van der Waals surface area (Å²) in [5, 5.41) is 20.0. The molecule has 0 saturated carbocycles. The highest BCUT2D eigenvalue weighted by molar-refractivity contribution is 5.94. The molecule has 0 radical (unpaired) electrons. The number of nitrogens with one attached hydrogen (secondary N) is 1. The van der Waals surface area contributed by atoms with E-state index in [4.69, 9.17) is 14.9 Å². The van der Waals surface area contributed by atoms with Gasteiger partial charge < -0.3 is 20.3 Å². The van der Waals surface area contributed by atoms with Gasteiger partial charge in [-0.25, -0.2) is 4.79 Å². The van der Waals surface area contributed by atoms with Crippen LogP contribution in [0, 0.1) is 0 Å². The minimum Gasteiger partial charge on any atom is -0.494 e. The van der Waals surface area contributed by atoms with Crippen LogP contribution in [0.5, 0.6) is 5.75 Å². The third kappa shape index (κ3) is 4.97. The summed E-state index contributed by atoms with van der Waals surface area (Å²) in [7, 11) is 0. The Labute approximate surface area is 111 Å². The van der Waals surface area contributed by atoms with Crippen molar-refractivity contribution >= 4 is 11.9 Å². The van der Waals surface area contributed by atoms with E-state index in [0.29, 0.717) is 17.9 Å². The standard InChI is InChI=1S/C13H17NO5/c1-2-19-10-5-3-9(4-6-10)12(16)14-8-7-11(15)13(17)18/h3-6,11,15H,2,7-8H2,1H3,(H,14,16)(H,17,18)/t11-/m0/s1. The average Bonchev–Trinajstić information content (AvgIpc) is 2.39. The number of aliphatic hydroxyl groups excluding tert-OH is 1. The second kappa shape index (κ2) is 7.38. The van der Waals surface area contributed by atoms with Gasteiger partial charge in [-0.15, -0.1) is 0 Å². The Hall–Kier alpha value is -2.08. The van der Waals surface area contributed by atoms with Crippen LogP contribution in [0.1, 0.15) is 23.7 Å². The second-order valence-corrected chi connectivity index (χ2v) is 3.86. The summed E-state index contributed by atoms with van der Waals surface area (Å²) in [6.45, 7) is 2.52. The zero-order valence-electron chi connectivity index (χ0n) is 10.6. The summed E-state index contributed by atoms with van der Waals surface area (Å²) < 4.78 is 5.25. The van der Waals surface area contributed by atoms with Crippen LogP contribution in [-0.4, -0.2) is 41.3 Å². The number of aliphatic hydroxyl groups is 1. The molecule has 0 heterocycles. The van der Waals surface area contributed by atoms with Crippen molar-refractivity contribution in [3.8, 4) is 5.75 Å². The number of ether oxygens (including phenoxy) is 1. The summed E-state index contributed by atoms with van der Waals surface area (Å²) >= 11 is 0. The summed E-state index contributed by atoms with van der Waals surface area (Å²) in [6, 6.07) is 6.61. The van der Waals surface area contributed by atoms with Gasteiger partial charge in [0.2, 0.25) is 0 Å². The first-order valence-corrected chi connectivity index (χ1v) is 5.96. The Balaban J connectivity index is 2.43. The minimum atomic E-state index is -1.46. The molecule has 1 atom stereocenters.